The Labute approximate surface area is 127 Å². The minimum Gasteiger partial charge on any atom is -0.374 e. The third-order valence-electron chi connectivity index (χ3n) is 3.31. The van der Waals surface area contributed by atoms with E-state index in [1.807, 2.05) is 0 Å². The van der Waals surface area contributed by atoms with Gasteiger partial charge >= 0.3 is 6.18 Å². The van der Waals surface area contributed by atoms with Crippen LogP contribution in [0.15, 0.2) is 12.1 Å². The van der Waals surface area contributed by atoms with Crippen LogP contribution in [-0.4, -0.2) is 54.0 Å². The second-order valence-electron chi connectivity index (χ2n) is 5.83. The van der Waals surface area contributed by atoms with E-state index in [0.29, 0.717) is 24.9 Å². The second-order valence-corrected chi connectivity index (χ2v) is 5.83. The second kappa shape index (κ2) is 7.23. The Morgan fingerprint density at radius 1 is 1.36 bits per heavy atom. The molecule has 1 aromatic rings. The van der Waals surface area contributed by atoms with Gasteiger partial charge in [-0.1, -0.05) is 13.8 Å². The maximum atomic E-state index is 12.4. The first kappa shape index (κ1) is 17.0. The molecule has 1 saturated heterocycles. The van der Waals surface area contributed by atoms with Crippen molar-refractivity contribution in [1.29, 1.82) is 0 Å². The molecule has 0 saturated carbocycles. The Morgan fingerprint density at radius 3 is 2.73 bits per heavy atom. The van der Waals surface area contributed by atoms with Gasteiger partial charge < -0.3 is 10.1 Å². The number of halogens is 3. The van der Waals surface area contributed by atoms with E-state index < -0.39 is 11.9 Å². The van der Waals surface area contributed by atoms with Crippen molar-refractivity contribution in [2.24, 2.45) is 5.92 Å². The normalized spacial score (nSPS) is 20.4. The summed E-state index contributed by atoms with van der Waals surface area (Å²) in [6.45, 7) is 8.22. The number of nitrogens with zero attached hydrogens (tertiary/aromatic N) is 3. The molecule has 22 heavy (non-hydrogen) atoms. The van der Waals surface area contributed by atoms with E-state index in [1.54, 1.807) is 0 Å². The summed E-state index contributed by atoms with van der Waals surface area (Å²) < 4.78 is 42.8. The molecular formula is C14H21F3N4O. The molecule has 2 rings (SSSR count). The zero-order chi connectivity index (χ0) is 16.2. The highest BCUT2D eigenvalue weighted by Crippen LogP contribution is 2.27. The quantitative estimate of drug-likeness (QED) is 0.902. The number of aromatic nitrogens is 2. The number of rotatable bonds is 5. The van der Waals surface area contributed by atoms with Gasteiger partial charge in [0.25, 0.3) is 0 Å². The fraction of sp³-hybridized carbons (Fsp3) is 0.714. The lowest BCUT2D eigenvalue weighted by Gasteiger charge is -2.34. The zero-order valence-electron chi connectivity index (χ0n) is 12.7. The molecule has 1 atom stereocenters. The van der Waals surface area contributed by atoms with E-state index in [0.717, 1.165) is 25.7 Å². The Bertz CT molecular complexity index is 464. The highest BCUT2D eigenvalue weighted by Gasteiger charge is 2.32. The van der Waals surface area contributed by atoms with Gasteiger partial charge in [-0.3, -0.25) is 4.90 Å². The summed E-state index contributed by atoms with van der Waals surface area (Å²) in [5, 5.41) is 9.70. The topological polar surface area (TPSA) is 50.3 Å². The summed E-state index contributed by atoms with van der Waals surface area (Å²) in [6.07, 6.45) is -4.47. The van der Waals surface area contributed by atoms with Crippen LogP contribution >= 0.6 is 0 Å². The lowest BCUT2D eigenvalue weighted by Crippen LogP contribution is -2.46. The molecule has 1 fully saturated rings. The van der Waals surface area contributed by atoms with Gasteiger partial charge in [0.2, 0.25) is 0 Å². The van der Waals surface area contributed by atoms with Gasteiger partial charge in [-0.05, 0) is 18.1 Å². The lowest BCUT2D eigenvalue weighted by molar-refractivity contribution is -0.141. The Kier molecular flexibility index (Phi) is 5.57. The van der Waals surface area contributed by atoms with Crippen LogP contribution < -0.4 is 5.32 Å². The molecule has 1 aromatic heterocycles. The summed E-state index contributed by atoms with van der Waals surface area (Å²) in [7, 11) is 0. The van der Waals surface area contributed by atoms with Crippen LogP contribution in [-0.2, 0) is 10.9 Å². The number of alkyl halides is 3. The number of hydrogen-bond donors (Lipinski definition) is 1. The van der Waals surface area contributed by atoms with Gasteiger partial charge in [0.15, 0.2) is 5.69 Å². The minimum absolute atomic E-state index is 0.00315. The van der Waals surface area contributed by atoms with E-state index in [1.165, 1.54) is 6.07 Å². The Balaban J connectivity index is 1.82. The fourth-order valence-corrected chi connectivity index (χ4v) is 2.38. The van der Waals surface area contributed by atoms with Crippen molar-refractivity contribution in [2.45, 2.75) is 26.1 Å². The number of ether oxygens (including phenoxy) is 1. The summed E-state index contributed by atoms with van der Waals surface area (Å²) in [5.74, 6) is 0.907. The van der Waals surface area contributed by atoms with Gasteiger partial charge in [-0.2, -0.15) is 13.2 Å². The van der Waals surface area contributed by atoms with E-state index >= 15 is 0 Å². The van der Waals surface area contributed by atoms with Crippen molar-refractivity contribution in [2.75, 3.05) is 38.1 Å². The van der Waals surface area contributed by atoms with Crippen LogP contribution in [0.3, 0.4) is 0 Å². The van der Waals surface area contributed by atoms with E-state index in [4.69, 9.17) is 4.74 Å². The third kappa shape index (κ3) is 5.10. The van der Waals surface area contributed by atoms with Gasteiger partial charge in [-0.25, -0.2) is 0 Å². The molecule has 1 aliphatic rings. The molecule has 1 aliphatic heterocycles. The summed E-state index contributed by atoms with van der Waals surface area (Å²) in [5.41, 5.74) is -0.991. The van der Waals surface area contributed by atoms with Crippen LogP contribution in [0.25, 0.3) is 0 Å². The monoisotopic (exact) mass is 318 g/mol. The summed E-state index contributed by atoms with van der Waals surface area (Å²) in [4.78, 5) is 2.33. The van der Waals surface area contributed by atoms with Crippen LogP contribution in [0.5, 0.6) is 0 Å². The molecule has 0 aliphatic carbocycles. The highest BCUT2D eigenvalue weighted by molar-refractivity contribution is 5.33. The van der Waals surface area contributed by atoms with Crippen molar-refractivity contribution in [3.8, 4) is 0 Å². The number of anilines is 1. The average Bonchev–Trinajstić information content (AvgIpc) is 2.44. The SMILES string of the molecule is CC(C)CN1CCOC(CNc2ccc(C(F)(F)F)nn2)C1. The van der Waals surface area contributed by atoms with Crippen molar-refractivity contribution in [3.63, 3.8) is 0 Å². The maximum absolute atomic E-state index is 12.4. The first-order chi connectivity index (χ1) is 10.3. The Hall–Kier alpha value is -1.41. The molecule has 124 valence electrons. The van der Waals surface area contributed by atoms with Crippen molar-refractivity contribution in [1.82, 2.24) is 15.1 Å². The van der Waals surface area contributed by atoms with Gasteiger partial charge in [0.05, 0.1) is 12.7 Å². The molecular weight excluding hydrogens is 297 g/mol. The van der Waals surface area contributed by atoms with E-state index in [-0.39, 0.29) is 6.10 Å². The minimum atomic E-state index is -4.46. The predicted molar refractivity (Wildman–Crippen MR) is 76.5 cm³/mol. The third-order valence-corrected chi connectivity index (χ3v) is 3.31. The fourth-order valence-electron chi connectivity index (χ4n) is 2.38. The molecule has 0 spiro atoms. The smallest absolute Gasteiger partial charge is 0.374 e. The average molecular weight is 318 g/mol. The van der Waals surface area contributed by atoms with E-state index in [2.05, 4.69) is 34.3 Å². The molecule has 8 heteroatoms. The molecule has 0 aromatic carbocycles. The zero-order valence-corrected chi connectivity index (χ0v) is 12.7. The molecule has 5 nitrogen and oxygen atoms in total. The van der Waals surface area contributed by atoms with Crippen molar-refractivity contribution in [3.05, 3.63) is 17.8 Å². The van der Waals surface area contributed by atoms with Gasteiger partial charge in [-0.15, -0.1) is 10.2 Å². The molecule has 2 heterocycles. The summed E-state index contributed by atoms with van der Waals surface area (Å²) >= 11 is 0. The molecule has 0 radical (unpaired) electrons. The first-order valence-electron chi connectivity index (χ1n) is 7.33. The Morgan fingerprint density at radius 2 is 2.14 bits per heavy atom. The van der Waals surface area contributed by atoms with Gasteiger partial charge in [0.1, 0.15) is 5.82 Å². The largest absolute Gasteiger partial charge is 0.435 e. The van der Waals surface area contributed by atoms with Crippen LogP contribution in [0.4, 0.5) is 19.0 Å². The lowest BCUT2D eigenvalue weighted by atomic mass is 10.2. The van der Waals surface area contributed by atoms with E-state index in [9.17, 15) is 13.2 Å². The first-order valence-corrected chi connectivity index (χ1v) is 7.33. The van der Waals surface area contributed by atoms with Crippen LogP contribution in [0, 0.1) is 5.92 Å². The summed E-state index contributed by atoms with van der Waals surface area (Å²) in [6, 6.07) is 2.20. The number of hydrogen-bond acceptors (Lipinski definition) is 5. The standard InChI is InChI=1S/C14H21F3N4O/c1-10(2)8-21-5-6-22-11(9-21)7-18-13-4-3-12(19-20-13)14(15,16)17/h3-4,10-11H,5-9H2,1-2H3,(H,18,20). The predicted octanol–water partition coefficient (Wildman–Crippen LogP) is 2.26. The van der Waals surface area contributed by atoms with Gasteiger partial charge in [0, 0.05) is 26.2 Å². The number of nitrogens with one attached hydrogen (secondary N) is 1. The van der Waals surface area contributed by atoms with Crippen LogP contribution in [0.2, 0.25) is 0 Å². The highest BCUT2D eigenvalue weighted by atomic mass is 19.4. The molecule has 1 unspecified atom stereocenters. The maximum Gasteiger partial charge on any atom is 0.435 e. The number of morpholine rings is 1. The molecule has 0 amide bonds. The molecule has 0 bridgehead atoms. The van der Waals surface area contributed by atoms with Crippen molar-refractivity contribution < 1.29 is 17.9 Å². The van der Waals surface area contributed by atoms with Crippen LogP contribution in [0.1, 0.15) is 19.5 Å². The molecule has 1 N–H and O–H groups in total. The van der Waals surface area contributed by atoms with Crippen molar-refractivity contribution >= 4 is 5.82 Å².